The van der Waals surface area contributed by atoms with Crippen LogP contribution in [0, 0.1) is 0 Å². The Hall–Kier alpha value is -3.67. The Labute approximate surface area is 208 Å². The maximum atomic E-state index is 12.3. The molecule has 0 heterocycles. The number of carbonyl (C=O) groups is 1. The minimum Gasteiger partial charge on any atom is -0.494 e. The summed E-state index contributed by atoms with van der Waals surface area (Å²) in [7, 11) is 0. The summed E-state index contributed by atoms with van der Waals surface area (Å²) in [5, 5.41) is 6.04. The topological polar surface area (TPSA) is 68.8 Å². The zero-order chi connectivity index (χ0) is 24.6. The Kier molecular flexibility index (Phi) is 11.3. The van der Waals surface area contributed by atoms with Gasteiger partial charge in [-0.3, -0.25) is 4.79 Å². The smallest absolute Gasteiger partial charge is 0.243 e. The molecule has 2 N–H and O–H groups in total. The summed E-state index contributed by atoms with van der Waals surface area (Å²) < 4.78 is 17.1. The van der Waals surface area contributed by atoms with E-state index >= 15 is 0 Å². The second-order valence-electron chi connectivity index (χ2n) is 8.23. The van der Waals surface area contributed by atoms with Crippen molar-refractivity contribution in [3.8, 4) is 17.2 Å². The minimum absolute atomic E-state index is 0.128. The second-order valence-corrected chi connectivity index (χ2v) is 8.23. The van der Waals surface area contributed by atoms with E-state index in [0.717, 1.165) is 29.4 Å². The molecule has 0 aliphatic heterocycles. The van der Waals surface area contributed by atoms with Crippen LogP contribution in [0.5, 0.6) is 17.2 Å². The second kappa shape index (κ2) is 15.3. The molecule has 0 aliphatic rings. The van der Waals surface area contributed by atoms with E-state index in [2.05, 4.69) is 17.6 Å². The van der Waals surface area contributed by atoms with Crippen molar-refractivity contribution in [2.75, 3.05) is 37.0 Å². The first-order valence-corrected chi connectivity index (χ1v) is 12.4. The van der Waals surface area contributed by atoms with Crippen LogP contribution in [0.1, 0.15) is 39.0 Å². The summed E-state index contributed by atoms with van der Waals surface area (Å²) in [5.74, 6) is 2.23. The molecule has 0 atom stereocenters. The van der Waals surface area contributed by atoms with E-state index in [1.165, 1.54) is 25.7 Å². The van der Waals surface area contributed by atoms with E-state index in [1.54, 1.807) is 0 Å². The van der Waals surface area contributed by atoms with Gasteiger partial charge in [0.1, 0.15) is 30.5 Å². The van der Waals surface area contributed by atoms with Crippen LogP contribution >= 0.6 is 0 Å². The molecule has 6 heteroatoms. The lowest BCUT2D eigenvalue weighted by molar-refractivity contribution is -0.114. The maximum absolute atomic E-state index is 12.3. The van der Waals surface area contributed by atoms with Gasteiger partial charge in [0.15, 0.2) is 0 Å². The van der Waals surface area contributed by atoms with Gasteiger partial charge >= 0.3 is 0 Å². The molecule has 0 unspecified atom stereocenters. The lowest BCUT2D eigenvalue weighted by atomic mass is 10.2. The molecule has 0 spiro atoms. The van der Waals surface area contributed by atoms with Crippen LogP contribution in [0.2, 0.25) is 0 Å². The standard InChI is InChI=1S/C29H36N2O4/c1-2-3-4-5-9-19-33-28-14-10-11-25(22-28)30-23-29(32)31-24-15-17-27(18-16-24)35-21-20-34-26-12-7-6-8-13-26/h6-8,10-18,22,30H,2-5,9,19-21,23H2,1H3,(H,31,32). The van der Waals surface area contributed by atoms with Crippen LogP contribution < -0.4 is 24.8 Å². The van der Waals surface area contributed by atoms with E-state index in [1.807, 2.05) is 78.9 Å². The predicted octanol–water partition coefficient (Wildman–Crippen LogP) is 6.54. The van der Waals surface area contributed by atoms with Gasteiger partial charge in [0.25, 0.3) is 0 Å². The summed E-state index contributed by atoms with van der Waals surface area (Å²) in [6.07, 6.45) is 6.04. The van der Waals surface area contributed by atoms with Gasteiger partial charge in [0.2, 0.25) is 5.91 Å². The number of carbonyl (C=O) groups excluding carboxylic acids is 1. The molecule has 0 fully saturated rings. The number of anilines is 2. The number of unbranched alkanes of at least 4 members (excludes halogenated alkanes) is 4. The largest absolute Gasteiger partial charge is 0.494 e. The molecule has 0 radical (unpaired) electrons. The quantitative estimate of drug-likeness (QED) is 0.230. The number of amides is 1. The summed E-state index contributed by atoms with van der Waals surface area (Å²) >= 11 is 0. The molecular formula is C29H36N2O4. The zero-order valence-electron chi connectivity index (χ0n) is 20.5. The normalized spacial score (nSPS) is 10.4. The maximum Gasteiger partial charge on any atom is 0.243 e. The van der Waals surface area contributed by atoms with Crippen molar-refractivity contribution in [3.63, 3.8) is 0 Å². The van der Waals surface area contributed by atoms with Crippen molar-refractivity contribution in [2.24, 2.45) is 0 Å². The Morgan fingerprint density at radius 2 is 1.31 bits per heavy atom. The van der Waals surface area contributed by atoms with Gasteiger partial charge in [-0.05, 0) is 55.0 Å². The number of hydrogen-bond donors (Lipinski definition) is 2. The number of rotatable bonds is 16. The summed E-state index contributed by atoms with van der Waals surface area (Å²) in [4.78, 5) is 12.3. The summed E-state index contributed by atoms with van der Waals surface area (Å²) in [6, 6.07) is 24.6. The monoisotopic (exact) mass is 476 g/mol. The molecule has 0 aromatic heterocycles. The Morgan fingerprint density at radius 1 is 0.657 bits per heavy atom. The average Bonchev–Trinajstić information content (AvgIpc) is 2.89. The Bertz CT molecular complexity index is 993. The molecule has 0 saturated heterocycles. The molecule has 0 saturated carbocycles. The van der Waals surface area contributed by atoms with E-state index in [9.17, 15) is 4.79 Å². The molecule has 186 valence electrons. The molecule has 3 aromatic rings. The SMILES string of the molecule is CCCCCCCOc1cccc(NCC(=O)Nc2ccc(OCCOc3ccccc3)cc2)c1. The Morgan fingerprint density at radius 3 is 2.06 bits per heavy atom. The highest BCUT2D eigenvalue weighted by Crippen LogP contribution is 2.19. The predicted molar refractivity (Wildman–Crippen MR) is 142 cm³/mol. The molecule has 35 heavy (non-hydrogen) atoms. The van der Waals surface area contributed by atoms with Crippen LogP contribution in [0.3, 0.4) is 0 Å². The number of nitrogens with one attached hydrogen (secondary N) is 2. The van der Waals surface area contributed by atoms with E-state index < -0.39 is 0 Å². The number of ether oxygens (including phenoxy) is 3. The zero-order valence-corrected chi connectivity index (χ0v) is 20.5. The van der Waals surface area contributed by atoms with Crippen molar-refractivity contribution >= 4 is 17.3 Å². The van der Waals surface area contributed by atoms with Gasteiger partial charge in [0, 0.05) is 17.4 Å². The Balaban J connectivity index is 1.32. The van der Waals surface area contributed by atoms with Crippen molar-refractivity contribution in [3.05, 3.63) is 78.9 Å². The third-order valence-electron chi connectivity index (χ3n) is 5.31. The van der Waals surface area contributed by atoms with Gasteiger partial charge < -0.3 is 24.8 Å². The lowest BCUT2D eigenvalue weighted by Crippen LogP contribution is -2.21. The van der Waals surface area contributed by atoms with E-state index in [4.69, 9.17) is 14.2 Å². The third-order valence-corrected chi connectivity index (χ3v) is 5.31. The van der Waals surface area contributed by atoms with E-state index in [-0.39, 0.29) is 12.5 Å². The van der Waals surface area contributed by atoms with Crippen LogP contribution in [0.15, 0.2) is 78.9 Å². The molecule has 3 aromatic carbocycles. The van der Waals surface area contributed by atoms with Crippen molar-refractivity contribution in [2.45, 2.75) is 39.0 Å². The van der Waals surface area contributed by atoms with Gasteiger partial charge in [-0.2, -0.15) is 0 Å². The summed E-state index contributed by atoms with van der Waals surface area (Å²) in [5.41, 5.74) is 1.56. The van der Waals surface area contributed by atoms with Gasteiger partial charge in [-0.1, -0.05) is 56.9 Å². The molecular weight excluding hydrogens is 440 g/mol. The molecule has 0 aliphatic carbocycles. The first-order valence-electron chi connectivity index (χ1n) is 12.4. The van der Waals surface area contributed by atoms with E-state index in [0.29, 0.717) is 25.5 Å². The van der Waals surface area contributed by atoms with Crippen molar-refractivity contribution in [1.29, 1.82) is 0 Å². The van der Waals surface area contributed by atoms with Crippen molar-refractivity contribution < 1.29 is 19.0 Å². The average molecular weight is 477 g/mol. The molecule has 6 nitrogen and oxygen atoms in total. The van der Waals surface area contributed by atoms with Crippen LogP contribution in [-0.4, -0.2) is 32.3 Å². The number of para-hydroxylation sites is 1. The number of hydrogen-bond acceptors (Lipinski definition) is 5. The molecule has 0 bridgehead atoms. The highest BCUT2D eigenvalue weighted by molar-refractivity contribution is 5.93. The van der Waals surface area contributed by atoms with Crippen LogP contribution in [0.25, 0.3) is 0 Å². The highest BCUT2D eigenvalue weighted by atomic mass is 16.5. The molecule has 3 rings (SSSR count). The lowest BCUT2D eigenvalue weighted by Gasteiger charge is -2.11. The fourth-order valence-electron chi connectivity index (χ4n) is 3.45. The van der Waals surface area contributed by atoms with Crippen LogP contribution in [0.4, 0.5) is 11.4 Å². The number of benzene rings is 3. The van der Waals surface area contributed by atoms with Crippen molar-refractivity contribution in [1.82, 2.24) is 0 Å². The first-order chi connectivity index (χ1) is 17.2. The van der Waals surface area contributed by atoms with Crippen LogP contribution in [-0.2, 0) is 4.79 Å². The molecule has 1 amide bonds. The minimum atomic E-state index is -0.128. The third kappa shape index (κ3) is 10.4. The highest BCUT2D eigenvalue weighted by Gasteiger charge is 2.04. The van der Waals surface area contributed by atoms with Gasteiger partial charge in [0.05, 0.1) is 13.2 Å². The summed E-state index contributed by atoms with van der Waals surface area (Å²) in [6.45, 7) is 3.99. The van der Waals surface area contributed by atoms with Gasteiger partial charge in [-0.15, -0.1) is 0 Å². The van der Waals surface area contributed by atoms with Gasteiger partial charge in [-0.25, -0.2) is 0 Å². The first kappa shape index (κ1) is 25.9. The fourth-order valence-corrected chi connectivity index (χ4v) is 3.45. The fraction of sp³-hybridized carbons (Fsp3) is 0.345.